The van der Waals surface area contributed by atoms with Crippen LogP contribution in [0.4, 0.5) is 0 Å². The molecule has 0 saturated carbocycles. The quantitative estimate of drug-likeness (QED) is 0.713. The fourth-order valence-corrected chi connectivity index (χ4v) is 2.12. The van der Waals surface area contributed by atoms with Crippen LogP contribution in [0.25, 0.3) is 0 Å². The topological polar surface area (TPSA) is 87.2 Å². The van der Waals surface area contributed by atoms with Crippen molar-refractivity contribution in [1.29, 1.82) is 0 Å². The minimum Gasteiger partial charge on any atom is -0.274 e. The summed E-state index contributed by atoms with van der Waals surface area (Å²) in [6.45, 7) is 5.60. The predicted octanol–water partition coefficient (Wildman–Crippen LogP) is 0.583. The first-order chi connectivity index (χ1) is 8.37. The first kappa shape index (κ1) is 12.5. The number of fused-ring (bicyclic) bond motifs is 1. The fourth-order valence-electron chi connectivity index (χ4n) is 2.12. The highest BCUT2D eigenvalue weighted by Gasteiger charge is 2.31. The molecular formula is C12H16N4O2. The molecule has 96 valence electrons. The van der Waals surface area contributed by atoms with Gasteiger partial charge >= 0.3 is 0 Å². The maximum atomic E-state index is 11.3. The van der Waals surface area contributed by atoms with Crippen molar-refractivity contribution in [3.05, 3.63) is 27.7 Å². The van der Waals surface area contributed by atoms with E-state index in [0.717, 1.165) is 17.7 Å². The predicted molar refractivity (Wildman–Crippen MR) is 67.3 cm³/mol. The Hall–Kier alpha value is -1.98. The fraction of sp³-hybridized carbons (Fsp3) is 0.500. The Kier molecular flexibility index (Phi) is 3.02. The zero-order valence-electron chi connectivity index (χ0n) is 10.7. The third-order valence-corrected chi connectivity index (χ3v) is 2.84. The van der Waals surface area contributed by atoms with Gasteiger partial charge in [0.2, 0.25) is 5.91 Å². The molecule has 2 N–H and O–H groups in total. The van der Waals surface area contributed by atoms with Gasteiger partial charge in [-0.25, -0.2) is 10.5 Å². The first-order valence-electron chi connectivity index (χ1n) is 5.79. The number of aromatic nitrogens is 2. The number of nitrogens with zero attached hydrogens (tertiary/aromatic N) is 2. The van der Waals surface area contributed by atoms with Crippen LogP contribution in [-0.2, 0) is 11.2 Å². The minimum absolute atomic E-state index is 0.00947. The van der Waals surface area contributed by atoms with Gasteiger partial charge in [0.25, 0.3) is 5.56 Å². The molecule has 0 aliphatic heterocycles. The Bertz CT molecular complexity index is 572. The van der Waals surface area contributed by atoms with E-state index in [1.165, 1.54) is 13.0 Å². The van der Waals surface area contributed by atoms with Crippen molar-refractivity contribution in [3.63, 3.8) is 0 Å². The monoisotopic (exact) mass is 248 g/mol. The third-order valence-electron chi connectivity index (χ3n) is 2.84. The van der Waals surface area contributed by atoms with E-state index in [1.807, 2.05) is 0 Å². The number of carbonyl (C=O) groups excluding carboxylic acids is 1. The number of H-pyrrole nitrogens is 1. The summed E-state index contributed by atoms with van der Waals surface area (Å²) in [5, 5.41) is 10.6. The third kappa shape index (κ3) is 2.64. The molecule has 0 aromatic carbocycles. The molecule has 0 bridgehead atoms. The average Bonchev–Trinajstić information content (AvgIpc) is 2.26. The zero-order valence-corrected chi connectivity index (χ0v) is 10.7. The van der Waals surface area contributed by atoms with E-state index in [4.69, 9.17) is 0 Å². The molecule has 0 spiro atoms. The van der Waals surface area contributed by atoms with Crippen LogP contribution >= 0.6 is 0 Å². The number of hydrogen-bond acceptors (Lipinski definition) is 4. The average molecular weight is 248 g/mol. The number of carbonyl (C=O) groups is 1. The van der Waals surface area contributed by atoms with Crippen molar-refractivity contribution >= 4 is 11.6 Å². The van der Waals surface area contributed by atoms with E-state index < -0.39 is 0 Å². The van der Waals surface area contributed by atoms with E-state index in [0.29, 0.717) is 12.1 Å². The van der Waals surface area contributed by atoms with Crippen molar-refractivity contribution in [2.75, 3.05) is 0 Å². The van der Waals surface area contributed by atoms with E-state index in [2.05, 4.69) is 34.6 Å². The number of nitrogens with one attached hydrogen (secondary N) is 2. The summed E-state index contributed by atoms with van der Waals surface area (Å²) in [5.41, 5.74) is 4.42. The van der Waals surface area contributed by atoms with Gasteiger partial charge in [-0.15, -0.1) is 0 Å². The summed E-state index contributed by atoms with van der Waals surface area (Å²) in [6, 6.07) is 1.48. The maximum absolute atomic E-state index is 11.3. The molecule has 6 nitrogen and oxygen atoms in total. The molecule has 0 fully saturated rings. The molecule has 1 amide bonds. The van der Waals surface area contributed by atoms with Gasteiger partial charge in [-0.1, -0.05) is 13.8 Å². The molecule has 0 saturated heterocycles. The number of hydrazone groups is 1. The molecule has 1 aliphatic rings. The summed E-state index contributed by atoms with van der Waals surface area (Å²) in [6.07, 6.45) is 1.48. The van der Waals surface area contributed by atoms with Gasteiger partial charge < -0.3 is 0 Å². The van der Waals surface area contributed by atoms with Gasteiger partial charge in [-0.2, -0.15) is 10.2 Å². The zero-order chi connectivity index (χ0) is 13.3. The van der Waals surface area contributed by atoms with E-state index in [1.54, 1.807) is 0 Å². The van der Waals surface area contributed by atoms with Crippen molar-refractivity contribution in [2.24, 2.45) is 10.5 Å². The van der Waals surface area contributed by atoms with Gasteiger partial charge in [0.05, 0.1) is 11.4 Å². The normalized spacial score (nSPS) is 19.4. The summed E-state index contributed by atoms with van der Waals surface area (Å²) >= 11 is 0. The highest BCUT2D eigenvalue weighted by Crippen LogP contribution is 2.33. The summed E-state index contributed by atoms with van der Waals surface area (Å²) in [5.74, 6) is -0.231. The molecule has 1 aromatic heterocycles. The first-order valence-corrected chi connectivity index (χ1v) is 5.79. The number of hydrogen-bond donors (Lipinski definition) is 2. The molecular weight excluding hydrogens is 232 g/mol. The lowest BCUT2D eigenvalue weighted by Gasteiger charge is -2.30. The van der Waals surface area contributed by atoms with Gasteiger partial charge in [-0.3, -0.25) is 9.59 Å². The maximum Gasteiger partial charge on any atom is 0.264 e. The van der Waals surface area contributed by atoms with Crippen molar-refractivity contribution in [1.82, 2.24) is 15.6 Å². The lowest BCUT2D eigenvalue weighted by molar-refractivity contribution is -0.118. The largest absolute Gasteiger partial charge is 0.274 e. The SMILES string of the molecule is CC(=O)NN=C1CC(C)(C)Cc2n[nH]c(=O)cc21. The van der Waals surface area contributed by atoms with Crippen LogP contribution in [-0.4, -0.2) is 21.8 Å². The van der Waals surface area contributed by atoms with Crippen LogP contribution in [0.2, 0.25) is 0 Å². The number of amides is 1. The minimum atomic E-state index is -0.260. The van der Waals surface area contributed by atoms with Gasteiger partial charge in [0.1, 0.15) is 0 Å². The standard InChI is InChI=1S/C12H16N4O2/c1-7(17)13-14-9-5-12(2,3)6-10-8(9)4-11(18)16-15-10/h4H,5-6H2,1-3H3,(H,13,17)(H,16,18). The number of rotatable bonds is 1. The molecule has 1 aliphatic carbocycles. The molecule has 1 aromatic rings. The van der Waals surface area contributed by atoms with Crippen LogP contribution in [0.15, 0.2) is 16.0 Å². The highest BCUT2D eigenvalue weighted by atomic mass is 16.2. The van der Waals surface area contributed by atoms with Gasteiger partial charge in [0.15, 0.2) is 0 Å². The van der Waals surface area contributed by atoms with Crippen LogP contribution in [0.3, 0.4) is 0 Å². The molecule has 18 heavy (non-hydrogen) atoms. The Morgan fingerprint density at radius 3 is 2.89 bits per heavy atom. The molecule has 0 atom stereocenters. The van der Waals surface area contributed by atoms with E-state index in [9.17, 15) is 9.59 Å². The highest BCUT2D eigenvalue weighted by molar-refractivity contribution is 6.03. The van der Waals surface area contributed by atoms with Crippen LogP contribution in [0.1, 0.15) is 38.4 Å². The second kappa shape index (κ2) is 4.36. The summed E-state index contributed by atoms with van der Waals surface area (Å²) < 4.78 is 0. The van der Waals surface area contributed by atoms with Crippen LogP contribution in [0.5, 0.6) is 0 Å². The Labute approximate surface area is 104 Å². The Morgan fingerprint density at radius 1 is 1.50 bits per heavy atom. The second-order valence-electron chi connectivity index (χ2n) is 5.34. The molecule has 0 unspecified atom stereocenters. The van der Waals surface area contributed by atoms with Crippen LogP contribution in [0, 0.1) is 5.41 Å². The van der Waals surface area contributed by atoms with Crippen molar-refractivity contribution < 1.29 is 4.79 Å². The second-order valence-corrected chi connectivity index (χ2v) is 5.34. The lowest BCUT2D eigenvalue weighted by atomic mass is 9.75. The summed E-state index contributed by atoms with van der Waals surface area (Å²) in [7, 11) is 0. The molecule has 2 rings (SSSR count). The van der Waals surface area contributed by atoms with E-state index >= 15 is 0 Å². The van der Waals surface area contributed by atoms with Gasteiger partial charge in [0, 0.05) is 18.6 Å². The molecule has 1 heterocycles. The lowest BCUT2D eigenvalue weighted by Crippen LogP contribution is -2.32. The molecule has 6 heteroatoms. The Morgan fingerprint density at radius 2 is 2.22 bits per heavy atom. The van der Waals surface area contributed by atoms with Crippen molar-refractivity contribution in [2.45, 2.75) is 33.6 Å². The number of aromatic amines is 1. The van der Waals surface area contributed by atoms with Crippen molar-refractivity contribution in [3.8, 4) is 0 Å². The van der Waals surface area contributed by atoms with E-state index in [-0.39, 0.29) is 16.9 Å². The smallest absolute Gasteiger partial charge is 0.264 e. The Balaban J connectivity index is 2.48. The summed E-state index contributed by atoms with van der Waals surface area (Å²) in [4.78, 5) is 22.3. The van der Waals surface area contributed by atoms with Gasteiger partial charge in [-0.05, 0) is 18.3 Å². The molecule has 0 radical (unpaired) electrons. The van der Waals surface area contributed by atoms with Crippen LogP contribution < -0.4 is 11.0 Å².